The van der Waals surface area contributed by atoms with E-state index in [1.54, 1.807) is 36.1 Å². The van der Waals surface area contributed by atoms with Crippen molar-refractivity contribution in [1.29, 1.82) is 0 Å². The van der Waals surface area contributed by atoms with Crippen LogP contribution in [0.5, 0.6) is 5.75 Å². The van der Waals surface area contributed by atoms with Gasteiger partial charge in [-0.3, -0.25) is 28.8 Å². The van der Waals surface area contributed by atoms with Crippen LogP contribution in [0.25, 0.3) is 0 Å². The lowest BCUT2D eigenvalue weighted by atomic mass is 9.98. The van der Waals surface area contributed by atoms with Crippen molar-refractivity contribution in [1.82, 2.24) is 31.1 Å². The first-order valence-corrected chi connectivity index (χ1v) is 16.2. The van der Waals surface area contributed by atoms with Gasteiger partial charge in [-0.2, -0.15) is 0 Å². The number of likely N-dealkylation sites (tertiary alicyclic amines) is 1. The molecule has 6 amide bonds. The molecule has 4 atom stereocenters. The molecule has 0 aliphatic carbocycles. The van der Waals surface area contributed by atoms with Crippen LogP contribution in [0.4, 0.5) is 0 Å². The predicted molar refractivity (Wildman–Crippen MR) is 172 cm³/mol. The summed E-state index contributed by atoms with van der Waals surface area (Å²) in [5.74, 6) is -2.47. The average molecular weight is 643 g/mol. The molecule has 1 saturated heterocycles. The third-order valence-corrected chi connectivity index (χ3v) is 8.19. The lowest BCUT2D eigenvalue weighted by Gasteiger charge is -2.32. The van der Waals surface area contributed by atoms with E-state index in [9.17, 15) is 28.8 Å². The molecule has 13 nitrogen and oxygen atoms in total. The normalized spacial score (nSPS) is 23.8. The Morgan fingerprint density at radius 3 is 2.37 bits per heavy atom. The third kappa shape index (κ3) is 10.2. The van der Waals surface area contributed by atoms with Gasteiger partial charge in [-0.05, 0) is 50.2 Å². The maximum Gasteiger partial charge on any atom is 0.255 e. The summed E-state index contributed by atoms with van der Waals surface area (Å²) in [6, 6.07) is 3.00. The van der Waals surface area contributed by atoms with Gasteiger partial charge in [0.2, 0.25) is 29.5 Å². The fraction of sp³-hybridized carbons (Fsp3) is 0.636. The number of carbonyl (C=O) groups excluding carboxylic acids is 6. The first-order valence-electron chi connectivity index (χ1n) is 16.2. The van der Waals surface area contributed by atoms with Crippen molar-refractivity contribution in [3.05, 3.63) is 29.8 Å². The third-order valence-electron chi connectivity index (χ3n) is 8.19. The number of fused-ring (bicyclic) bond motifs is 1. The average Bonchev–Trinajstić information content (AvgIpc) is 3.42. The van der Waals surface area contributed by atoms with Crippen molar-refractivity contribution in [3.63, 3.8) is 0 Å². The Balaban J connectivity index is 1.90. The van der Waals surface area contributed by atoms with Crippen molar-refractivity contribution >= 4 is 35.4 Å². The molecule has 2 heterocycles. The highest BCUT2D eigenvalue weighted by Gasteiger charge is 2.35. The van der Waals surface area contributed by atoms with E-state index in [4.69, 9.17) is 4.74 Å². The molecular weight excluding hydrogens is 592 g/mol. The highest BCUT2D eigenvalue weighted by Crippen LogP contribution is 2.20. The highest BCUT2D eigenvalue weighted by atomic mass is 16.5. The van der Waals surface area contributed by atoms with Crippen molar-refractivity contribution in [3.8, 4) is 5.75 Å². The van der Waals surface area contributed by atoms with Gasteiger partial charge in [0.1, 0.15) is 30.5 Å². The summed E-state index contributed by atoms with van der Waals surface area (Å²) in [4.78, 5) is 82.5. The van der Waals surface area contributed by atoms with Crippen LogP contribution in [-0.4, -0.2) is 103 Å². The molecule has 1 aromatic carbocycles. The van der Waals surface area contributed by atoms with E-state index < -0.39 is 60.1 Å². The van der Waals surface area contributed by atoms with Crippen LogP contribution in [0.3, 0.4) is 0 Å². The van der Waals surface area contributed by atoms with Gasteiger partial charge in [0.15, 0.2) is 0 Å². The Kier molecular flexibility index (Phi) is 13.4. The minimum absolute atomic E-state index is 0.0291. The zero-order valence-corrected chi connectivity index (χ0v) is 27.9. The molecular formula is C33H50N6O7. The monoisotopic (exact) mass is 642 g/mol. The van der Waals surface area contributed by atoms with Crippen LogP contribution in [0.2, 0.25) is 0 Å². The molecule has 2 aliphatic heterocycles. The van der Waals surface area contributed by atoms with Crippen LogP contribution in [0, 0.1) is 11.8 Å². The summed E-state index contributed by atoms with van der Waals surface area (Å²) in [7, 11) is 1.49. The largest absolute Gasteiger partial charge is 0.491 e. The molecule has 0 spiro atoms. The van der Waals surface area contributed by atoms with Crippen molar-refractivity contribution < 1.29 is 33.5 Å². The maximum absolute atomic E-state index is 13.7. The molecule has 1 aromatic rings. The van der Waals surface area contributed by atoms with Crippen LogP contribution in [0.1, 0.15) is 77.1 Å². The SMILES string of the molecule is CC(C)C[C@H]1C(=O)N[C@H](C(C)C)C(=O)N[C@@H](C)COc2ccccc2C(=O)N[C@H](C(=O)NCCCN2CCCC2=O)CC(=O)N1C. The fourth-order valence-electron chi connectivity index (χ4n) is 5.52. The molecule has 2 aliphatic rings. The molecule has 3 rings (SSSR count). The zero-order chi connectivity index (χ0) is 34.0. The lowest BCUT2D eigenvalue weighted by molar-refractivity contribution is -0.142. The number of rotatable bonds is 8. The first kappa shape index (κ1) is 36.3. The number of benzene rings is 1. The van der Waals surface area contributed by atoms with Gasteiger partial charge in [-0.1, -0.05) is 39.8 Å². The summed E-state index contributed by atoms with van der Waals surface area (Å²) in [5.41, 5.74) is 0.158. The highest BCUT2D eigenvalue weighted by molar-refractivity contribution is 6.01. The van der Waals surface area contributed by atoms with E-state index in [2.05, 4.69) is 21.3 Å². The number of likely N-dealkylation sites (N-methyl/N-ethyl adjacent to an activating group) is 1. The summed E-state index contributed by atoms with van der Waals surface area (Å²) < 4.78 is 5.92. The second-order valence-electron chi connectivity index (χ2n) is 13.0. The topological polar surface area (TPSA) is 166 Å². The minimum Gasteiger partial charge on any atom is -0.491 e. The van der Waals surface area contributed by atoms with Crippen LogP contribution >= 0.6 is 0 Å². The van der Waals surface area contributed by atoms with Gasteiger partial charge < -0.3 is 35.8 Å². The standard InChI is InChI=1S/C33H50N6O7/c1-20(2)17-25-32(44)37-29(21(3)4)33(45)35-22(5)19-46-26-12-8-7-11-23(26)30(42)36-24(18-28(41)38(25)6)31(43)34-14-10-16-39-15-9-13-27(39)40/h7-8,11-12,20-22,24-25,29H,9-10,13-19H2,1-6H3,(H,34,43)(H,35,45)(H,36,42)(H,37,44)/t22-,24-,25-,29+/m0/s1. The first-order chi connectivity index (χ1) is 21.8. The molecule has 13 heteroatoms. The van der Waals surface area contributed by atoms with Gasteiger partial charge in [0.25, 0.3) is 5.91 Å². The Labute approximate surface area is 271 Å². The number of nitrogens with one attached hydrogen (secondary N) is 4. The van der Waals surface area contributed by atoms with E-state index >= 15 is 0 Å². The number of para-hydroxylation sites is 1. The summed E-state index contributed by atoms with van der Waals surface area (Å²) in [5, 5.41) is 11.2. The molecule has 4 N–H and O–H groups in total. The number of carbonyl (C=O) groups is 6. The lowest BCUT2D eigenvalue weighted by Crippen LogP contribution is -2.57. The minimum atomic E-state index is -1.26. The van der Waals surface area contributed by atoms with Crippen molar-refractivity contribution in [2.75, 3.05) is 33.3 Å². The van der Waals surface area contributed by atoms with Crippen LogP contribution in [-0.2, 0) is 24.0 Å². The van der Waals surface area contributed by atoms with E-state index in [1.807, 2.05) is 27.7 Å². The van der Waals surface area contributed by atoms with E-state index in [0.717, 1.165) is 6.42 Å². The van der Waals surface area contributed by atoms with Gasteiger partial charge in [0.05, 0.1) is 18.0 Å². The summed E-state index contributed by atoms with van der Waals surface area (Å²) >= 11 is 0. The predicted octanol–water partition coefficient (Wildman–Crippen LogP) is 1.21. The molecule has 0 aromatic heterocycles. The summed E-state index contributed by atoms with van der Waals surface area (Å²) in [6.07, 6.45) is 1.77. The molecule has 0 unspecified atom stereocenters. The molecule has 0 saturated carbocycles. The fourth-order valence-corrected chi connectivity index (χ4v) is 5.52. The second kappa shape index (κ2) is 17.0. The molecule has 0 bridgehead atoms. The van der Waals surface area contributed by atoms with E-state index in [-0.39, 0.29) is 42.2 Å². The second-order valence-corrected chi connectivity index (χ2v) is 13.0. The molecule has 254 valence electrons. The Morgan fingerprint density at radius 2 is 1.72 bits per heavy atom. The zero-order valence-electron chi connectivity index (χ0n) is 27.9. The number of hydrogen-bond acceptors (Lipinski definition) is 7. The Morgan fingerprint density at radius 1 is 1.00 bits per heavy atom. The summed E-state index contributed by atoms with van der Waals surface area (Å²) in [6.45, 7) is 10.7. The Hall–Kier alpha value is -4.16. The Bertz CT molecular complexity index is 1270. The molecule has 1 fully saturated rings. The quantitative estimate of drug-likeness (QED) is 0.310. The molecule has 0 radical (unpaired) electrons. The van der Waals surface area contributed by atoms with Gasteiger partial charge in [-0.25, -0.2) is 0 Å². The van der Waals surface area contributed by atoms with Gasteiger partial charge in [-0.15, -0.1) is 0 Å². The van der Waals surface area contributed by atoms with Crippen LogP contribution < -0.4 is 26.0 Å². The van der Waals surface area contributed by atoms with Crippen molar-refractivity contribution in [2.45, 2.75) is 90.9 Å². The maximum atomic E-state index is 13.7. The van der Waals surface area contributed by atoms with Gasteiger partial charge in [0, 0.05) is 33.1 Å². The van der Waals surface area contributed by atoms with Gasteiger partial charge >= 0.3 is 0 Å². The van der Waals surface area contributed by atoms with E-state index in [1.165, 1.54) is 11.9 Å². The molecule has 46 heavy (non-hydrogen) atoms. The smallest absolute Gasteiger partial charge is 0.255 e. The van der Waals surface area contributed by atoms with Crippen LogP contribution in [0.15, 0.2) is 24.3 Å². The number of nitrogens with zero attached hydrogens (tertiary/aromatic N) is 2. The number of amides is 6. The number of ether oxygens (including phenoxy) is 1. The number of hydrogen-bond donors (Lipinski definition) is 4. The van der Waals surface area contributed by atoms with Crippen molar-refractivity contribution in [2.24, 2.45) is 11.8 Å². The van der Waals surface area contributed by atoms with E-state index in [0.29, 0.717) is 32.4 Å².